The van der Waals surface area contributed by atoms with Gasteiger partial charge in [0, 0.05) is 11.8 Å². The van der Waals surface area contributed by atoms with E-state index in [4.69, 9.17) is 15.6 Å². The van der Waals surface area contributed by atoms with Crippen LogP contribution >= 0.6 is 0 Å². The predicted molar refractivity (Wildman–Crippen MR) is 73.4 cm³/mol. The third kappa shape index (κ3) is 3.49. The van der Waals surface area contributed by atoms with Crippen molar-refractivity contribution in [1.29, 1.82) is 0 Å². The summed E-state index contributed by atoms with van der Waals surface area (Å²) in [4.78, 5) is 11.0. The Morgan fingerprint density at radius 3 is 2.65 bits per heavy atom. The fourth-order valence-corrected chi connectivity index (χ4v) is 2.41. The van der Waals surface area contributed by atoms with Gasteiger partial charge in [0.15, 0.2) is 9.84 Å². The molecule has 1 aliphatic carbocycles. The summed E-state index contributed by atoms with van der Waals surface area (Å²) < 4.78 is 28.7. The van der Waals surface area contributed by atoms with E-state index in [2.05, 4.69) is 0 Å². The van der Waals surface area contributed by atoms with Crippen molar-refractivity contribution in [2.75, 3.05) is 12.9 Å². The highest BCUT2D eigenvalue weighted by Gasteiger charge is 2.26. The summed E-state index contributed by atoms with van der Waals surface area (Å²) in [6, 6.07) is 4.05. The van der Waals surface area contributed by atoms with E-state index in [1.165, 1.54) is 18.2 Å². The minimum absolute atomic E-state index is 0.0419. The molecule has 0 amide bonds. The van der Waals surface area contributed by atoms with Gasteiger partial charge in [-0.25, -0.2) is 13.2 Å². The minimum atomic E-state index is -3.48. The average Bonchev–Trinajstić information content (AvgIpc) is 3.18. The highest BCUT2D eigenvalue weighted by molar-refractivity contribution is 7.90. The van der Waals surface area contributed by atoms with Gasteiger partial charge in [-0.1, -0.05) is 6.07 Å². The Kier molecular flexibility index (Phi) is 4.01. The zero-order chi connectivity index (χ0) is 14.9. The maximum absolute atomic E-state index is 11.6. The maximum Gasteiger partial charge on any atom is 0.335 e. The first-order valence-electron chi connectivity index (χ1n) is 6.23. The monoisotopic (exact) mass is 299 g/mol. The third-order valence-electron chi connectivity index (χ3n) is 3.20. The second-order valence-electron chi connectivity index (χ2n) is 5.06. The van der Waals surface area contributed by atoms with Crippen LogP contribution in [0.5, 0.6) is 5.75 Å². The lowest BCUT2D eigenvalue weighted by atomic mass is 10.1. The summed E-state index contributed by atoms with van der Waals surface area (Å²) in [5, 5.41) is 7.76. The van der Waals surface area contributed by atoms with E-state index < -0.39 is 21.2 Å². The Bertz CT molecular complexity index is 622. The van der Waals surface area contributed by atoms with Gasteiger partial charge in [0.2, 0.25) is 0 Å². The number of sulfone groups is 1. The highest BCUT2D eigenvalue weighted by atomic mass is 32.2. The molecule has 0 heterocycles. The number of nitrogens with two attached hydrogens (primary N) is 1. The number of carbonyl (C=O) groups is 1. The molecule has 0 aromatic heterocycles. The summed E-state index contributed by atoms with van der Waals surface area (Å²) in [6.45, 7) is 0.451. The molecule has 1 unspecified atom stereocenters. The molecule has 0 saturated heterocycles. The lowest BCUT2D eigenvalue weighted by molar-refractivity contribution is 0.0696. The Balaban J connectivity index is 2.34. The van der Waals surface area contributed by atoms with Gasteiger partial charge in [-0.15, -0.1) is 0 Å². The van der Waals surface area contributed by atoms with Gasteiger partial charge in [0.25, 0.3) is 0 Å². The smallest absolute Gasteiger partial charge is 0.335 e. The van der Waals surface area contributed by atoms with E-state index in [0.717, 1.165) is 19.1 Å². The van der Waals surface area contributed by atoms with Gasteiger partial charge in [-0.05, 0) is 30.9 Å². The molecule has 1 aromatic carbocycles. The molecule has 3 N–H and O–H groups in total. The second-order valence-corrected chi connectivity index (χ2v) is 7.23. The summed E-state index contributed by atoms with van der Waals surface area (Å²) in [5.41, 5.74) is 6.04. The molecule has 1 aliphatic rings. The van der Waals surface area contributed by atoms with Gasteiger partial charge in [0.05, 0.1) is 12.2 Å². The van der Waals surface area contributed by atoms with Crippen LogP contribution in [0.4, 0.5) is 0 Å². The van der Waals surface area contributed by atoms with E-state index in [0.29, 0.717) is 12.5 Å². The van der Waals surface area contributed by atoms with Crippen LogP contribution in [0.25, 0.3) is 0 Å². The largest absolute Gasteiger partial charge is 0.493 e. The highest BCUT2D eigenvalue weighted by Crippen LogP contribution is 2.33. The van der Waals surface area contributed by atoms with Crippen molar-refractivity contribution in [3.05, 3.63) is 29.3 Å². The van der Waals surface area contributed by atoms with Crippen LogP contribution in [0.15, 0.2) is 18.2 Å². The van der Waals surface area contributed by atoms with E-state index in [1.807, 2.05) is 0 Å². The molecule has 20 heavy (non-hydrogen) atoms. The number of rotatable bonds is 6. The molecule has 0 spiro atoms. The normalized spacial score (nSPS) is 16.7. The van der Waals surface area contributed by atoms with Crippen LogP contribution in [0.1, 0.15) is 34.1 Å². The quantitative estimate of drug-likeness (QED) is 0.816. The molecule has 1 aromatic rings. The van der Waals surface area contributed by atoms with Crippen LogP contribution < -0.4 is 10.5 Å². The molecule has 6 nitrogen and oxygen atoms in total. The number of aromatic carboxylic acids is 1. The van der Waals surface area contributed by atoms with E-state index >= 15 is 0 Å². The Labute approximate surface area is 117 Å². The fraction of sp³-hybridized carbons (Fsp3) is 0.462. The van der Waals surface area contributed by atoms with E-state index in [-0.39, 0.29) is 16.9 Å². The molecule has 7 heteroatoms. The van der Waals surface area contributed by atoms with Crippen LogP contribution in [0.2, 0.25) is 0 Å². The van der Waals surface area contributed by atoms with Gasteiger partial charge >= 0.3 is 5.97 Å². The second kappa shape index (κ2) is 5.41. The average molecular weight is 299 g/mol. The summed E-state index contributed by atoms with van der Waals surface area (Å²) >= 11 is 0. The lowest BCUT2D eigenvalue weighted by Crippen LogP contribution is -2.21. The summed E-state index contributed by atoms with van der Waals surface area (Å²) in [7, 11) is -3.48. The first-order chi connectivity index (χ1) is 9.29. The first kappa shape index (κ1) is 14.8. The Morgan fingerprint density at radius 1 is 1.50 bits per heavy atom. The van der Waals surface area contributed by atoms with Crippen LogP contribution in [-0.4, -0.2) is 32.4 Å². The van der Waals surface area contributed by atoms with Crippen molar-refractivity contribution >= 4 is 15.8 Å². The molecule has 1 fully saturated rings. The van der Waals surface area contributed by atoms with Gasteiger partial charge in [0.1, 0.15) is 11.1 Å². The van der Waals surface area contributed by atoms with Gasteiger partial charge < -0.3 is 15.6 Å². The van der Waals surface area contributed by atoms with Crippen molar-refractivity contribution in [2.24, 2.45) is 11.7 Å². The predicted octanol–water partition coefficient (Wildman–Crippen LogP) is 1.18. The third-order valence-corrected chi connectivity index (χ3v) is 4.38. The van der Waals surface area contributed by atoms with E-state index in [1.54, 1.807) is 0 Å². The summed E-state index contributed by atoms with van der Waals surface area (Å²) in [6.07, 6.45) is 3.19. The van der Waals surface area contributed by atoms with Crippen LogP contribution in [-0.2, 0) is 9.84 Å². The zero-order valence-electron chi connectivity index (χ0n) is 11.1. The van der Waals surface area contributed by atoms with Gasteiger partial charge in [-0.3, -0.25) is 0 Å². The van der Waals surface area contributed by atoms with Gasteiger partial charge in [-0.2, -0.15) is 0 Å². The molecular formula is C13H17NO5S. The molecule has 2 rings (SSSR count). The molecule has 0 bridgehead atoms. The Morgan fingerprint density at radius 2 is 2.15 bits per heavy atom. The van der Waals surface area contributed by atoms with Crippen molar-refractivity contribution in [3.8, 4) is 5.75 Å². The molecule has 1 saturated carbocycles. The first-order valence-corrected chi connectivity index (χ1v) is 8.19. The zero-order valence-corrected chi connectivity index (χ0v) is 11.9. The van der Waals surface area contributed by atoms with Crippen molar-refractivity contribution < 1.29 is 23.1 Å². The Hall–Kier alpha value is -1.60. The molecule has 0 aliphatic heterocycles. The fourth-order valence-electron chi connectivity index (χ4n) is 1.75. The molecule has 0 radical (unpaired) electrons. The molecular weight excluding hydrogens is 282 g/mol. The number of carboxylic acid groups (broad SMARTS) is 1. The lowest BCUT2D eigenvalue weighted by Gasteiger charge is -2.16. The van der Waals surface area contributed by atoms with Crippen molar-refractivity contribution in [1.82, 2.24) is 0 Å². The van der Waals surface area contributed by atoms with Crippen molar-refractivity contribution in [2.45, 2.75) is 18.2 Å². The number of benzene rings is 1. The summed E-state index contributed by atoms with van der Waals surface area (Å²) in [5.74, 6) is -0.402. The van der Waals surface area contributed by atoms with Crippen LogP contribution in [0.3, 0.4) is 0 Å². The van der Waals surface area contributed by atoms with Crippen LogP contribution in [0, 0.1) is 5.92 Å². The standard InChI is InChI=1S/C13H17NO5S/c1-20(17,18)12(14)10-5-4-9(13(15)16)6-11(10)19-7-8-2-3-8/h4-6,8,12H,2-3,7,14H2,1H3,(H,15,16). The minimum Gasteiger partial charge on any atom is -0.493 e. The SMILES string of the molecule is CS(=O)(=O)C(N)c1ccc(C(=O)O)cc1OCC1CC1. The topological polar surface area (TPSA) is 107 Å². The van der Waals surface area contributed by atoms with E-state index in [9.17, 15) is 13.2 Å². The number of ether oxygens (including phenoxy) is 1. The molecule has 1 atom stereocenters. The van der Waals surface area contributed by atoms with Crippen molar-refractivity contribution in [3.63, 3.8) is 0 Å². The number of hydrogen-bond donors (Lipinski definition) is 2. The number of hydrogen-bond acceptors (Lipinski definition) is 5. The molecule has 110 valence electrons. The maximum atomic E-state index is 11.6. The number of carboxylic acids is 1.